The Bertz CT molecular complexity index is 1120. The molecule has 30 heavy (non-hydrogen) atoms. The van der Waals surface area contributed by atoms with E-state index in [4.69, 9.17) is 7.48 Å². The van der Waals surface area contributed by atoms with Gasteiger partial charge in [-0.25, -0.2) is 9.97 Å². The van der Waals surface area contributed by atoms with Crippen molar-refractivity contribution in [3.8, 4) is 22.6 Å². The molecule has 3 aromatic rings. The standard InChI is InChI=1S/C22H19F2N3O3/c1-22(23,24)30-17-6-3-15(4-7-17)16-5-8-19-18(13-16)21(28)27(11-12-29-19)14-20-25-9-2-10-26-20/h2-10,13H,11-12,14H2,1H3/i11D2. The fourth-order valence-electron chi connectivity index (χ4n) is 3.01. The summed E-state index contributed by atoms with van der Waals surface area (Å²) in [6.45, 7) is -1.91. The van der Waals surface area contributed by atoms with Crippen LogP contribution in [0.5, 0.6) is 11.5 Å². The minimum atomic E-state index is -3.29. The van der Waals surface area contributed by atoms with E-state index in [9.17, 15) is 13.6 Å². The van der Waals surface area contributed by atoms with Gasteiger partial charge in [0.2, 0.25) is 0 Å². The monoisotopic (exact) mass is 413 g/mol. The van der Waals surface area contributed by atoms with Crippen LogP contribution in [-0.4, -0.2) is 40.0 Å². The largest absolute Gasteiger partial charge is 0.491 e. The van der Waals surface area contributed by atoms with Crippen molar-refractivity contribution in [3.05, 3.63) is 72.3 Å². The summed E-state index contributed by atoms with van der Waals surface area (Å²) >= 11 is 0. The van der Waals surface area contributed by atoms with Crippen molar-refractivity contribution < 1.29 is 25.8 Å². The fourth-order valence-corrected chi connectivity index (χ4v) is 3.01. The number of hydrogen-bond acceptors (Lipinski definition) is 5. The molecule has 0 saturated carbocycles. The summed E-state index contributed by atoms with van der Waals surface area (Å²) < 4.78 is 52.8. The molecular formula is C22H19F2N3O3. The van der Waals surface area contributed by atoms with Gasteiger partial charge in [0.1, 0.15) is 23.9 Å². The van der Waals surface area contributed by atoms with Gasteiger partial charge < -0.3 is 14.4 Å². The molecule has 1 aliphatic heterocycles. The van der Waals surface area contributed by atoms with E-state index in [1.807, 2.05) is 0 Å². The van der Waals surface area contributed by atoms with E-state index in [0.717, 1.165) is 4.90 Å². The van der Waals surface area contributed by atoms with Crippen molar-refractivity contribution in [2.75, 3.05) is 13.1 Å². The van der Waals surface area contributed by atoms with Gasteiger partial charge in [-0.2, -0.15) is 8.78 Å². The van der Waals surface area contributed by atoms with Gasteiger partial charge >= 0.3 is 6.11 Å². The highest BCUT2D eigenvalue weighted by Crippen LogP contribution is 2.31. The number of aromatic nitrogens is 2. The molecule has 0 atom stereocenters. The second kappa shape index (κ2) is 8.06. The van der Waals surface area contributed by atoms with E-state index in [1.54, 1.807) is 36.4 Å². The molecule has 1 aliphatic rings. The second-order valence-corrected chi connectivity index (χ2v) is 6.65. The highest BCUT2D eigenvalue weighted by atomic mass is 19.3. The number of benzene rings is 2. The van der Waals surface area contributed by atoms with Crippen LogP contribution in [0.15, 0.2) is 60.9 Å². The zero-order chi connectivity index (χ0) is 22.9. The lowest BCUT2D eigenvalue weighted by molar-refractivity contribution is -0.158. The van der Waals surface area contributed by atoms with E-state index in [0.29, 0.717) is 23.9 Å². The van der Waals surface area contributed by atoms with Crippen molar-refractivity contribution in [2.24, 2.45) is 0 Å². The highest BCUT2D eigenvalue weighted by Gasteiger charge is 2.25. The van der Waals surface area contributed by atoms with Crippen LogP contribution in [0.3, 0.4) is 0 Å². The maximum absolute atomic E-state index is 13.3. The summed E-state index contributed by atoms with van der Waals surface area (Å²) in [6.07, 6.45) is -0.255. The number of amides is 1. The van der Waals surface area contributed by atoms with Crippen LogP contribution in [0.25, 0.3) is 11.1 Å². The van der Waals surface area contributed by atoms with E-state index >= 15 is 0 Å². The van der Waals surface area contributed by atoms with Crippen LogP contribution in [0.4, 0.5) is 8.78 Å². The van der Waals surface area contributed by atoms with Gasteiger partial charge in [-0.1, -0.05) is 18.2 Å². The van der Waals surface area contributed by atoms with Gasteiger partial charge in [0, 0.05) is 19.3 Å². The maximum Gasteiger partial charge on any atom is 0.394 e. The molecule has 0 N–H and O–H groups in total. The molecule has 0 bridgehead atoms. The molecule has 154 valence electrons. The Balaban J connectivity index is 1.65. The Morgan fingerprint density at radius 3 is 2.57 bits per heavy atom. The van der Waals surface area contributed by atoms with Crippen molar-refractivity contribution in [2.45, 2.75) is 19.6 Å². The normalized spacial score (nSPS) is 16.6. The Morgan fingerprint density at radius 2 is 1.87 bits per heavy atom. The molecule has 1 aromatic heterocycles. The number of halogens is 2. The van der Waals surface area contributed by atoms with Gasteiger partial charge in [0.15, 0.2) is 0 Å². The third-order valence-corrected chi connectivity index (χ3v) is 4.34. The first-order chi connectivity index (χ1) is 15.1. The number of hydrogen-bond donors (Lipinski definition) is 0. The zero-order valence-electron chi connectivity index (χ0n) is 18.0. The van der Waals surface area contributed by atoms with E-state index in [1.165, 1.54) is 24.5 Å². The number of nitrogens with zero attached hydrogens (tertiary/aromatic N) is 3. The fraction of sp³-hybridized carbons (Fsp3) is 0.227. The molecule has 1 amide bonds. The first kappa shape index (κ1) is 17.3. The third-order valence-electron chi connectivity index (χ3n) is 4.34. The second-order valence-electron chi connectivity index (χ2n) is 6.65. The van der Waals surface area contributed by atoms with Gasteiger partial charge in [0.25, 0.3) is 5.91 Å². The van der Waals surface area contributed by atoms with Crippen molar-refractivity contribution >= 4 is 5.91 Å². The predicted molar refractivity (Wildman–Crippen MR) is 105 cm³/mol. The topological polar surface area (TPSA) is 64.6 Å². The molecule has 6 nitrogen and oxygen atoms in total. The van der Waals surface area contributed by atoms with Crippen molar-refractivity contribution in [3.63, 3.8) is 0 Å². The molecule has 0 fully saturated rings. The van der Waals surface area contributed by atoms with Gasteiger partial charge in [-0.05, 0) is 41.5 Å². The summed E-state index contributed by atoms with van der Waals surface area (Å²) in [5, 5.41) is 0. The van der Waals surface area contributed by atoms with E-state index in [2.05, 4.69) is 14.7 Å². The molecule has 2 aromatic carbocycles. The van der Waals surface area contributed by atoms with E-state index in [-0.39, 0.29) is 30.2 Å². The van der Waals surface area contributed by atoms with Crippen LogP contribution < -0.4 is 9.47 Å². The average Bonchev–Trinajstić information content (AvgIpc) is 2.84. The molecule has 4 rings (SSSR count). The SMILES string of the molecule is [2H]C1([2H])COc2ccc(-c3ccc(OC(C)(F)F)cc3)cc2C(=O)N1Cc1ncccn1. The van der Waals surface area contributed by atoms with Crippen LogP contribution in [-0.2, 0) is 6.54 Å². The summed E-state index contributed by atoms with van der Waals surface area (Å²) in [7, 11) is 0. The highest BCUT2D eigenvalue weighted by molar-refractivity contribution is 5.98. The summed E-state index contributed by atoms with van der Waals surface area (Å²) in [4.78, 5) is 22.5. The third kappa shape index (κ3) is 4.53. The quantitative estimate of drug-likeness (QED) is 0.628. The molecular weight excluding hydrogens is 392 g/mol. The number of ether oxygens (including phenoxy) is 2. The van der Waals surface area contributed by atoms with Crippen LogP contribution in [0.2, 0.25) is 0 Å². The van der Waals surface area contributed by atoms with Crippen molar-refractivity contribution in [1.29, 1.82) is 0 Å². The van der Waals surface area contributed by atoms with E-state index < -0.39 is 18.5 Å². The van der Waals surface area contributed by atoms with Gasteiger partial charge in [-0.15, -0.1) is 0 Å². The zero-order valence-corrected chi connectivity index (χ0v) is 16.0. The van der Waals surface area contributed by atoms with Crippen LogP contribution in [0, 0.1) is 0 Å². The smallest absolute Gasteiger partial charge is 0.394 e. The predicted octanol–water partition coefficient (Wildman–Crippen LogP) is 4.17. The summed E-state index contributed by atoms with van der Waals surface area (Å²) in [5.41, 5.74) is 1.48. The summed E-state index contributed by atoms with van der Waals surface area (Å²) in [6, 6.07) is 12.5. The Labute approximate surface area is 174 Å². The number of alkyl halides is 2. The lowest BCUT2D eigenvalue weighted by Gasteiger charge is -2.19. The number of carbonyl (C=O) groups is 1. The number of fused-ring (bicyclic) bond motifs is 1. The summed E-state index contributed by atoms with van der Waals surface area (Å²) in [5.74, 6) is -0.00244. The molecule has 2 heterocycles. The average molecular weight is 413 g/mol. The first-order valence-electron chi connectivity index (χ1n) is 10.1. The molecule has 0 radical (unpaired) electrons. The minimum Gasteiger partial charge on any atom is -0.491 e. The molecule has 0 saturated heterocycles. The van der Waals surface area contributed by atoms with Crippen LogP contribution in [0.1, 0.15) is 25.8 Å². The Hall–Kier alpha value is -3.55. The molecule has 0 aliphatic carbocycles. The first-order valence-corrected chi connectivity index (χ1v) is 9.14. The Morgan fingerprint density at radius 1 is 1.17 bits per heavy atom. The molecule has 8 heteroatoms. The minimum absolute atomic E-state index is 0.0117. The van der Waals surface area contributed by atoms with Crippen LogP contribution >= 0.6 is 0 Å². The molecule has 0 spiro atoms. The lowest BCUT2D eigenvalue weighted by Crippen LogP contribution is -2.32. The lowest BCUT2D eigenvalue weighted by atomic mass is 10.0. The van der Waals surface area contributed by atoms with Crippen molar-refractivity contribution in [1.82, 2.24) is 14.9 Å². The molecule has 0 unspecified atom stereocenters. The number of carbonyl (C=O) groups excluding carboxylic acids is 1. The van der Waals surface area contributed by atoms with Gasteiger partial charge in [-0.3, -0.25) is 4.79 Å². The Kier molecular flexibility index (Phi) is 4.65. The maximum atomic E-state index is 13.3. The number of rotatable bonds is 5. The van der Waals surface area contributed by atoms with Gasteiger partial charge in [0.05, 0.1) is 21.3 Å².